The molecule has 0 aliphatic carbocycles. The smallest absolute Gasteiger partial charge is 0.222 e. The highest BCUT2D eigenvalue weighted by molar-refractivity contribution is 5.76. The summed E-state index contributed by atoms with van der Waals surface area (Å²) in [6.07, 6.45) is 6.41. The summed E-state index contributed by atoms with van der Waals surface area (Å²) in [6.45, 7) is 5.55. The van der Waals surface area contributed by atoms with Gasteiger partial charge in [0.05, 0.1) is 31.6 Å². The Bertz CT molecular complexity index is 699. The number of ether oxygens (including phenoxy) is 2. The fourth-order valence-corrected chi connectivity index (χ4v) is 2.78. The van der Waals surface area contributed by atoms with E-state index in [1.54, 1.807) is 17.1 Å². The molecule has 25 heavy (non-hydrogen) atoms. The van der Waals surface area contributed by atoms with Crippen LogP contribution in [0.1, 0.15) is 24.1 Å². The van der Waals surface area contributed by atoms with Gasteiger partial charge in [-0.25, -0.2) is 0 Å². The lowest BCUT2D eigenvalue weighted by Gasteiger charge is -2.32. The summed E-state index contributed by atoms with van der Waals surface area (Å²) < 4.78 is 13.3. The molecule has 2 aromatic heterocycles. The highest BCUT2D eigenvalue weighted by atomic mass is 16.5. The third-order valence-electron chi connectivity index (χ3n) is 4.14. The molecule has 2 aromatic rings. The summed E-state index contributed by atoms with van der Waals surface area (Å²) in [4.78, 5) is 16.5. The second kappa shape index (κ2) is 8.11. The van der Waals surface area contributed by atoms with Crippen molar-refractivity contribution in [2.75, 3.05) is 13.2 Å². The topological polar surface area (TPSA) is 78.3 Å². The fourth-order valence-electron chi connectivity index (χ4n) is 2.78. The van der Waals surface area contributed by atoms with Crippen molar-refractivity contribution in [3.8, 4) is 5.75 Å². The van der Waals surface area contributed by atoms with Gasteiger partial charge in [-0.2, -0.15) is 5.10 Å². The van der Waals surface area contributed by atoms with Crippen LogP contribution in [0.3, 0.4) is 0 Å². The zero-order chi connectivity index (χ0) is 17.6. The molecular weight excluding hydrogens is 320 g/mol. The molecule has 3 heterocycles. The lowest BCUT2D eigenvalue weighted by Crippen LogP contribution is -2.52. The quantitative estimate of drug-likeness (QED) is 0.862. The number of rotatable bonds is 6. The van der Waals surface area contributed by atoms with Crippen LogP contribution >= 0.6 is 0 Å². The molecule has 0 saturated carbocycles. The van der Waals surface area contributed by atoms with E-state index in [9.17, 15) is 4.79 Å². The number of aromatic nitrogens is 3. The first-order valence-corrected chi connectivity index (χ1v) is 8.55. The lowest BCUT2D eigenvalue weighted by atomic mass is 10.1. The monoisotopic (exact) mass is 344 g/mol. The zero-order valence-electron chi connectivity index (χ0n) is 14.6. The van der Waals surface area contributed by atoms with Crippen LogP contribution in [-0.4, -0.2) is 46.0 Å². The second-order valence-electron chi connectivity index (χ2n) is 6.36. The Kier molecular flexibility index (Phi) is 5.65. The molecule has 0 aromatic carbocycles. The highest BCUT2D eigenvalue weighted by Crippen LogP contribution is 2.18. The summed E-state index contributed by atoms with van der Waals surface area (Å²) in [5.41, 5.74) is 2.03. The molecule has 134 valence electrons. The van der Waals surface area contributed by atoms with Gasteiger partial charge in [0.25, 0.3) is 0 Å². The summed E-state index contributed by atoms with van der Waals surface area (Å²) in [5, 5.41) is 7.22. The molecule has 0 unspecified atom stereocenters. The summed E-state index contributed by atoms with van der Waals surface area (Å²) in [7, 11) is 0. The normalized spacial score (nSPS) is 20.2. The molecule has 0 radical (unpaired) electrons. The molecule has 7 heteroatoms. The number of hydrogen-bond donors (Lipinski definition) is 1. The van der Waals surface area contributed by atoms with Crippen molar-refractivity contribution in [2.24, 2.45) is 0 Å². The van der Waals surface area contributed by atoms with Gasteiger partial charge in [-0.15, -0.1) is 0 Å². The first kappa shape index (κ1) is 17.4. The van der Waals surface area contributed by atoms with Crippen LogP contribution in [0.15, 0.2) is 30.7 Å². The molecular formula is C18H24N4O3. The number of carbonyl (C=O) groups excluding carboxylic acids is 1. The van der Waals surface area contributed by atoms with E-state index in [-0.39, 0.29) is 18.1 Å². The van der Waals surface area contributed by atoms with Gasteiger partial charge < -0.3 is 14.8 Å². The molecule has 0 spiro atoms. The largest absolute Gasteiger partial charge is 0.486 e. The van der Waals surface area contributed by atoms with E-state index in [1.165, 1.54) is 0 Å². The predicted molar refractivity (Wildman–Crippen MR) is 92.3 cm³/mol. The molecule has 1 aliphatic rings. The first-order valence-electron chi connectivity index (χ1n) is 8.55. The van der Waals surface area contributed by atoms with Gasteiger partial charge >= 0.3 is 0 Å². The number of hydrogen-bond acceptors (Lipinski definition) is 5. The molecule has 1 aliphatic heterocycles. The number of carbonyl (C=O) groups is 1. The number of nitrogens with one attached hydrogen (secondary N) is 1. The first-order chi connectivity index (χ1) is 12.1. The Hall–Kier alpha value is -2.41. The van der Waals surface area contributed by atoms with Crippen LogP contribution in [0.5, 0.6) is 5.75 Å². The Labute approximate surface area is 147 Å². The third kappa shape index (κ3) is 5.03. The van der Waals surface area contributed by atoms with Crippen molar-refractivity contribution in [1.29, 1.82) is 0 Å². The number of pyridine rings is 1. The highest BCUT2D eigenvalue weighted by Gasteiger charge is 2.29. The van der Waals surface area contributed by atoms with Crippen molar-refractivity contribution in [1.82, 2.24) is 20.1 Å². The second-order valence-corrected chi connectivity index (χ2v) is 6.36. The van der Waals surface area contributed by atoms with Gasteiger partial charge in [0, 0.05) is 31.3 Å². The molecule has 3 rings (SSSR count). The number of aryl methyl sites for hydroxylation is 3. The molecule has 0 bridgehead atoms. The van der Waals surface area contributed by atoms with Crippen LogP contribution in [0.4, 0.5) is 0 Å². The summed E-state index contributed by atoms with van der Waals surface area (Å²) in [5.74, 6) is 0.683. The summed E-state index contributed by atoms with van der Waals surface area (Å²) in [6, 6.07) is 3.65. The van der Waals surface area contributed by atoms with E-state index < -0.39 is 0 Å². The van der Waals surface area contributed by atoms with Gasteiger partial charge in [0.15, 0.2) is 0 Å². The van der Waals surface area contributed by atoms with Crippen molar-refractivity contribution in [3.05, 3.63) is 42.0 Å². The van der Waals surface area contributed by atoms with E-state index in [0.717, 1.165) is 17.7 Å². The van der Waals surface area contributed by atoms with Gasteiger partial charge in [-0.1, -0.05) is 0 Å². The molecule has 1 amide bonds. The van der Waals surface area contributed by atoms with Crippen LogP contribution < -0.4 is 10.1 Å². The summed E-state index contributed by atoms with van der Waals surface area (Å²) >= 11 is 0. The number of nitrogens with zero attached hydrogens (tertiary/aromatic N) is 3. The van der Waals surface area contributed by atoms with Gasteiger partial charge in [-0.05, 0) is 31.5 Å². The van der Waals surface area contributed by atoms with E-state index in [1.807, 2.05) is 32.2 Å². The molecule has 2 atom stereocenters. The Morgan fingerprint density at radius 1 is 1.40 bits per heavy atom. The van der Waals surface area contributed by atoms with Gasteiger partial charge in [0.1, 0.15) is 11.9 Å². The van der Waals surface area contributed by atoms with Crippen molar-refractivity contribution < 1.29 is 14.3 Å². The van der Waals surface area contributed by atoms with Crippen molar-refractivity contribution in [3.63, 3.8) is 0 Å². The van der Waals surface area contributed by atoms with Crippen LogP contribution in [0.25, 0.3) is 0 Å². The Balaban J connectivity index is 1.53. The minimum absolute atomic E-state index is 0.0284. The maximum Gasteiger partial charge on any atom is 0.222 e. The average Bonchev–Trinajstić information content (AvgIpc) is 3.02. The zero-order valence-corrected chi connectivity index (χ0v) is 14.6. The minimum Gasteiger partial charge on any atom is -0.486 e. The molecule has 1 fully saturated rings. The molecule has 1 saturated heterocycles. The Morgan fingerprint density at radius 2 is 2.28 bits per heavy atom. The van der Waals surface area contributed by atoms with Crippen LogP contribution in [-0.2, 0) is 16.1 Å². The molecule has 7 nitrogen and oxygen atoms in total. The minimum atomic E-state index is -0.165. The van der Waals surface area contributed by atoms with Crippen LogP contribution in [0.2, 0.25) is 0 Å². The van der Waals surface area contributed by atoms with E-state index in [4.69, 9.17) is 9.47 Å². The van der Waals surface area contributed by atoms with E-state index in [2.05, 4.69) is 15.4 Å². The SMILES string of the molecule is Cc1cnn(CCC(=O)N[C@@H]2COCC[C@@H]2Oc2ccc(C)nc2)c1. The molecule has 1 N–H and O–H groups in total. The van der Waals surface area contributed by atoms with Gasteiger partial charge in [-0.3, -0.25) is 14.5 Å². The third-order valence-corrected chi connectivity index (χ3v) is 4.14. The maximum absolute atomic E-state index is 12.3. The number of amides is 1. The van der Waals surface area contributed by atoms with Crippen LogP contribution in [0, 0.1) is 13.8 Å². The maximum atomic E-state index is 12.3. The van der Waals surface area contributed by atoms with Crippen molar-refractivity contribution in [2.45, 2.75) is 45.4 Å². The fraction of sp³-hybridized carbons (Fsp3) is 0.500. The lowest BCUT2D eigenvalue weighted by molar-refractivity contribution is -0.124. The van der Waals surface area contributed by atoms with E-state index >= 15 is 0 Å². The predicted octanol–water partition coefficient (Wildman–Crippen LogP) is 1.64. The van der Waals surface area contributed by atoms with Gasteiger partial charge in [0.2, 0.25) is 5.91 Å². The van der Waals surface area contributed by atoms with Crippen molar-refractivity contribution >= 4 is 5.91 Å². The Morgan fingerprint density at radius 3 is 3.00 bits per heavy atom. The standard InChI is InChI=1S/C18H24N4O3/c1-13-9-20-22(11-13)7-5-18(23)21-16-12-24-8-6-17(16)25-15-4-3-14(2)19-10-15/h3-4,9-11,16-17H,5-8,12H2,1-2H3,(H,21,23)/t16-,17+/m1/s1. The average molecular weight is 344 g/mol. The van der Waals surface area contributed by atoms with E-state index in [0.29, 0.717) is 31.9 Å².